The minimum Gasteiger partial charge on any atom is -0.455 e. The lowest BCUT2D eigenvalue weighted by Gasteiger charge is -2.19. The van der Waals surface area contributed by atoms with Crippen LogP contribution in [0.1, 0.15) is 46.8 Å². The largest absolute Gasteiger partial charge is 0.455 e. The maximum atomic E-state index is 9.50. The smallest absolute Gasteiger partial charge is 0.143 e. The van der Waals surface area contributed by atoms with Crippen molar-refractivity contribution in [3.8, 4) is 22.3 Å². The van der Waals surface area contributed by atoms with Crippen LogP contribution in [-0.4, -0.2) is 0 Å². The van der Waals surface area contributed by atoms with E-state index in [9.17, 15) is 8.22 Å². The van der Waals surface area contributed by atoms with E-state index in [1.54, 1.807) is 0 Å². The first-order valence-electron chi connectivity index (χ1n) is 26.1. The van der Waals surface area contributed by atoms with E-state index < -0.39 is 251 Å². The van der Waals surface area contributed by atoms with Crippen molar-refractivity contribution in [1.29, 1.82) is 0 Å². The van der Waals surface area contributed by atoms with E-state index in [-0.39, 0.29) is 0 Å². The van der Waals surface area contributed by atoms with Gasteiger partial charge in [0.1, 0.15) is 11.2 Å². The number of hydrogen-bond donors (Lipinski definition) is 0. The molecule has 9 rings (SSSR count). The Morgan fingerprint density at radius 2 is 1.07 bits per heavy atom. The van der Waals surface area contributed by atoms with Crippen molar-refractivity contribution in [3.63, 3.8) is 0 Å². The van der Waals surface area contributed by atoms with E-state index in [1.165, 1.54) is 0 Å². The second kappa shape index (κ2) is 9.97. The first-order valence-corrected chi connectivity index (χ1v) is 13.1. The SMILES string of the molecule is [2H]c1c([2H])c([2H])c(-c2c([2H])c([2H])c([2H])c([2H])c2Cc2c3c([2H])c([2H])c([2H])c([2H])c3c(-c3c([2H])c([2H])c([2H])c4oc5c6c([2H])c([2H])c([2H])c([2H])c6c([2H])c([2H])c5c34)c3c([2H])c([2H])c([2H])c([2H])c23)c([2H])c1[2H]. The van der Waals surface area contributed by atoms with Crippen molar-refractivity contribution in [3.05, 3.63) is 168 Å². The molecule has 0 saturated heterocycles. The molecule has 8 aromatic carbocycles. The fourth-order valence-corrected chi connectivity index (χ4v) is 5.52. The Kier molecular flexibility index (Phi) is 2.31. The lowest BCUT2D eigenvalue weighted by Crippen LogP contribution is -1.97. The average molecular weight is 587 g/mol. The minimum absolute atomic E-state index is 0.433. The van der Waals surface area contributed by atoms with Gasteiger partial charge in [-0.1, -0.05) is 145 Å². The Bertz CT molecular complexity index is 3880. The molecule has 0 spiro atoms. The molecule has 1 aromatic heterocycles. The fourth-order valence-electron chi connectivity index (χ4n) is 5.52. The van der Waals surface area contributed by atoms with Gasteiger partial charge in [0, 0.05) is 16.2 Å². The molecule has 0 amide bonds. The average Bonchev–Trinajstić information content (AvgIpc) is 3.73. The normalized spacial score (nSPS) is 20.0. The van der Waals surface area contributed by atoms with Crippen LogP contribution >= 0.6 is 0 Å². The number of furan rings is 1. The zero-order valence-corrected chi connectivity index (χ0v) is 22.1. The third-order valence-corrected chi connectivity index (χ3v) is 7.35. The number of hydrogen-bond acceptors (Lipinski definition) is 1. The van der Waals surface area contributed by atoms with Crippen molar-refractivity contribution in [1.82, 2.24) is 0 Å². The van der Waals surface area contributed by atoms with Gasteiger partial charge in [-0.2, -0.15) is 0 Å². The van der Waals surface area contributed by atoms with Gasteiger partial charge in [0.15, 0.2) is 0 Å². The van der Waals surface area contributed by atoms with Gasteiger partial charge in [0.05, 0.1) is 35.6 Å². The van der Waals surface area contributed by atoms with E-state index in [1.807, 2.05) is 0 Å². The third-order valence-electron chi connectivity index (χ3n) is 7.35. The van der Waals surface area contributed by atoms with Crippen molar-refractivity contribution in [2.75, 3.05) is 0 Å². The Balaban J connectivity index is 1.59. The van der Waals surface area contributed by atoms with Gasteiger partial charge in [-0.15, -0.1) is 0 Å². The quantitative estimate of drug-likeness (QED) is 0.187. The number of rotatable bonds is 4. The summed E-state index contributed by atoms with van der Waals surface area (Å²) < 4.78 is 237. The predicted molar refractivity (Wildman–Crippen MR) is 186 cm³/mol. The van der Waals surface area contributed by atoms with Crippen LogP contribution in [0.25, 0.3) is 76.5 Å². The van der Waals surface area contributed by atoms with Gasteiger partial charge >= 0.3 is 0 Å². The molecule has 0 radical (unpaired) electrons. The molecule has 0 bridgehead atoms. The second-order valence-electron chi connectivity index (χ2n) is 9.64. The number of fused-ring (bicyclic) bond motifs is 7. The summed E-state index contributed by atoms with van der Waals surface area (Å²) in [6.45, 7) is 0. The molecular formula is C43H28O. The van der Waals surface area contributed by atoms with E-state index in [0.717, 1.165) is 0 Å². The van der Waals surface area contributed by atoms with Crippen LogP contribution in [0.2, 0.25) is 0 Å². The molecule has 1 heteroatoms. The first-order chi connectivity index (χ1) is 32.6. The Morgan fingerprint density at radius 1 is 0.455 bits per heavy atom. The topological polar surface area (TPSA) is 13.1 Å². The predicted octanol–water partition coefficient (Wildman–Crippen LogP) is 12.0. The summed E-state index contributed by atoms with van der Waals surface area (Å²) in [5.74, 6) is 0. The van der Waals surface area contributed by atoms with E-state index in [2.05, 4.69) is 0 Å². The summed E-state index contributed by atoms with van der Waals surface area (Å²) in [4.78, 5) is 0. The third kappa shape index (κ3) is 3.80. The van der Waals surface area contributed by atoms with Crippen LogP contribution in [0.5, 0.6) is 0 Å². The molecule has 0 unspecified atom stereocenters. The second-order valence-corrected chi connectivity index (χ2v) is 9.64. The molecule has 1 heterocycles. The zero-order valence-electron chi connectivity index (χ0n) is 48.1. The van der Waals surface area contributed by atoms with Crippen LogP contribution < -0.4 is 0 Å². The highest BCUT2D eigenvalue weighted by Crippen LogP contribution is 2.46. The molecule has 44 heavy (non-hydrogen) atoms. The van der Waals surface area contributed by atoms with Crippen molar-refractivity contribution >= 4 is 54.3 Å². The van der Waals surface area contributed by atoms with Gasteiger partial charge in [-0.3, -0.25) is 0 Å². The highest BCUT2D eigenvalue weighted by atomic mass is 16.3. The highest BCUT2D eigenvalue weighted by molar-refractivity contribution is 6.24. The zero-order chi connectivity index (χ0) is 51.7. The van der Waals surface area contributed by atoms with Crippen LogP contribution in [0.15, 0.2) is 162 Å². The summed E-state index contributed by atoms with van der Waals surface area (Å²) >= 11 is 0. The van der Waals surface area contributed by atoms with E-state index in [0.29, 0.717) is 0 Å². The van der Waals surface area contributed by atoms with E-state index in [4.69, 9.17) is 31.8 Å². The summed E-state index contributed by atoms with van der Waals surface area (Å²) in [6, 6.07) is -22.5. The molecule has 9 aromatic rings. The molecule has 0 N–H and O–H groups in total. The van der Waals surface area contributed by atoms with Crippen LogP contribution in [0, 0.1) is 0 Å². The molecule has 0 aliphatic rings. The Hall–Kier alpha value is -5.66. The van der Waals surface area contributed by atoms with Gasteiger partial charge in [0.2, 0.25) is 0 Å². The maximum absolute atomic E-state index is 9.50. The summed E-state index contributed by atoms with van der Waals surface area (Å²) in [5, 5.41) is -4.24. The molecule has 206 valence electrons. The first kappa shape index (κ1) is 10.2. The Morgan fingerprint density at radius 3 is 1.84 bits per heavy atom. The van der Waals surface area contributed by atoms with Crippen molar-refractivity contribution in [2.24, 2.45) is 0 Å². The minimum atomic E-state index is -0.945. The van der Waals surface area contributed by atoms with Crippen molar-refractivity contribution < 1.29 is 40.1 Å². The monoisotopic (exact) mass is 586 g/mol. The molecular weight excluding hydrogens is 532 g/mol. The summed E-state index contributed by atoms with van der Waals surface area (Å²) in [7, 11) is 0. The molecule has 0 saturated carbocycles. The lowest BCUT2D eigenvalue weighted by atomic mass is 9.84. The van der Waals surface area contributed by atoms with Gasteiger partial charge < -0.3 is 4.42 Å². The molecule has 0 aliphatic carbocycles. The molecule has 0 aliphatic heterocycles. The highest BCUT2D eigenvalue weighted by Gasteiger charge is 2.20. The standard InChI is InChI=1S/C43H28O/c1-2-13-28(14-3-1)31-17-6-5-16-30(31)27-39-33-19-8-10-21-35(33)41(36-22-11-9-20-34(36)39)37-23-12-24-40-42(37)38-26-25-29-15-4-7-18-32(29)43(38)44-40/h1-26H,27H2/i1D,2D,3D,4D,5D,6D,7D,8D,9D,10D,11D,12D,13D,14D,15D,16D,17D,18D,19D,20D,21D,22D,23D,24D,25D,26D. The van der Waals surface area contributed by atoms with Gasteiger partial charge in [0.25, 0.3) is 0 Å². The molecule has 1 nitrogen and oxygen atoms in total. The summed E-state index contributed by atoms with van der Waals surface area (Å²) in [6.07, 6.45) is -0.945. The molecule has 0 fully saturated rings. The number of benzene rings is 8. The molecule has 0 atom stereocenters. The maximum Gasteiger partial charge on any atom is 0.143 e. The van der Waals surface area contributed by atoms with Gasteiger partial charge in [-0.05, 0) is 78.8 Å². The van der Waals surface area contributed by atoms with Gasteiger partial charge in [-0.25, -0.2) is 0 Å². The van der Waals surface area contributed by atoms with Crippen LogP contribution in [0.3, 0.4) is 0 Å². The Labute approximate surface area is 292 Å². The van der Waals surface area contributed by atoms with Crippen LogP contribution in [0.4, 0.5) is 0 Å². The fraction of sp³-hybridized carbons (Fsp3) is 0.0233. The van der Waals surface area contributed by atoms with Crippen LogP contribution in [-0.2, 0) is 6.42 Å². The summed E-state index contributed by atoms with van der Waals surface area (Å²) in [5.41, 5.74) is -4.67. The van der Waals surface area contributed by atoms with Crippen molar-refractivity contribution in [2.45, 2.75) is 6.42 Å². The lowest BCUT2D eigenvalue weighted by molar-refractivity contribution is 0.673. The van der Waals surface area contributed by atoms with E-state index >= 15 is 0 Å².